The number of hydrogen-bond donors (Lipinski definition) is 0. The van der Waals surface area contributed by atoms with E-state index in [9.17, 15) is 9.59 Å². The molecular formula is C20H24O5. The minimum absolute atomic E-state index is 0.0604. The van der Waals surface area contributed by atoms with Gasteiger partial charge in [0.05, 0.1) is 6.61 Å². The SMILES string of the molecule is CC(C)CCOc1coc(COC(=O)CCc2ccccc2)cc1=O. The number of esters is 1. The van der Waals surface area contributed by atoms with Gasteiger partial charge in [0, 0.05) is 12.5 Å². The second kappa shape index (κ2) is 9.67. The molecule has 0 amide bonds. The standard InChI is InChI=1S/C20H24O5/c1-15(2)10-11-23-19-14-24-17(12-18(19)21)13-25-20(22)9-8-16-6-4-3-5-7-16/h3-7,12,14-15H,8-11,13H2,1-2H3. The summed E-state index contributed by atoms with van der Waals surface area (Å²) in [4.78, 5) is 23.7. The summed E-state index contributed by atoms with van der Waals surface area (Å²) < 4.78 is 15.9. The first-order chi connectivity index (χ1) is 12.0. The summed E-state index contributed by atoms with van der Waals surface area (Å²) in [5, 5.41) is 0. The van der Waals surface area contributed by atoms with E-state index in [0.29, 0.717) is 24.7 Å². The van der Waals surface area contributed by atoms with Crippen LogP contribution in [-0.2, 0) is 22.6 Å². The molecule has 25 heavy (non-hydrogen) atoms. The van der Waals surface area contributed by atoms with Gasteiger partial charge in [0.15, 0.2) is 0 Å². The highest BCUT2D eigenvalue weighted by Crippen LogP contribution is 2.10. The summed E-state index contributed by atoms with van der Waals surface area (Å²) in [6.07, 6.45) is 3.03. The fraction of sp³-hybridized carbons (Fsp3) is 0.400. The second-order valence-electron chi connectivity index (χ2n) is 6.25. The summed E-state index contributed by atoms with van der Waals surface area (Å²) in [5.41, 5.74) is 0.805. The third-order valence-corrected chi connectivity index (χ3v) is 3.64. The Morgan fingerprint density at radius 3 is 2.64 bits per heavy atom. The van der Waals surface area contributed by atoms with Crippen LogP contribution in [-0.4, -0.2) is 12.6 Å². The number of aryl methyl sites for hydroxylation is 1. The molecule has 0 saturated heterocycles. The fourth-order valence-corrected chi connectivity index (χ4v) is 2.14. The maximum absolute atomic E-state index is 11.9. The van der Waals surface area contributed by atoms with Gasteiger partial charge in [0.25, 0.3) is 0 Å². The number of ether oxygens (including phenoxy) is 2. The van der Waals surface area contributed by atoms with Crippen molar-refractivity contribution < 1.29 is 18.7 Å². The lowest BCUT2D eigenvalue weighted by atomic mass is 10.1. The number of hydrogen-bond acceptors (Lipinski definition) is 5. The van der Waals surface area contributed by atoms with Crippen LogP contribution in [0.25, 0.3) is 0 Å². The van der Waals surface area contributed by atoms with E-state index in [2.05, 4.69) is 13.8 Å². The van der Waals surface area contributed by atoms with E-state index >= 15 is 0 Å². The molecule has 2 aromatic rings. The predicted octanol–water partition coefficient (Wildman–Crippen LogP) is 3.74. The zero-order valence-electron chi connectivity index (χ0n) is 14.7. The monoisotopic (exact) mass is 344 g/mol. The molecule has 5 heteroatoms. The lowest BCUT2D eigenvalue weighted by molar-refractivity contribution is -0.145. The molecular weight excluding hydrogens is 320 g/mol. The molecule has 0 unspecified atom stereocenters. The summed E-state index contributed by atoms with van der Waals surface area (Å²) in [7, 11) is 0. The van der Waals surface area contributed by atoms with Crippen LogP contribution in [0.15, 0.2) is 51.9 Å². The number of rotatable bonds is 9. The molecule has 0 N–H and O–H groups in total. The van der Waals surface area contributed by atoms with E-state index in [1.807, 2.05) is 30.3 Å². The minimum atomic E-state index is -0.330. The van der Waals surface area contributed by atoms with Crippen LogP contribution < -0.4 is 10.2 Å². The quantitative estimate of drug-likeness (QED) is 0.648. The van der Waals surface area contributed by atoms with E-state index < -0.39 is 0 Å². The van der Waals surface area contributed by atoms with Crippen molar-refractivity contribution in [2.24, 2.45) is 5.92 Å². The normalized spacial score (nSPS) is 10.7. The molecule has 1 aromatic heterocycles. The van der Waals surface area contributed by atoms with Crippen LogP contribution in [0.4, 0.5) is 0 Å². The van der Waals surface area contributed by atoms with Crippen LogP contribution in [0.5, 0.6) is 5.75 Å². The molecule has 0 aliphatic rings. The molecule has 0 spiro atoms. The summed E-state index contributed by atoms with van der Waals surface area (Å²) in [6.45, 7) is 4.58. The predicted molar refractivity (Wildman–Crippen MR) is 94.5 cm³/mol. The molecule has 0 fully saturated rings. The Morgan fingerprint density at radius 2 is 1.96 bits per heavy atom. The lowest BCUT2D eigenvalue weighted by Crippen LogP contribution is -2.11. The fourth-order valence-electron chi connectivity index (χ4n) is 2.14. The van der Waals surface area contributed by atoms with Crippen LogP contribution >= 0.6 is 0 Å². The highest BCUT2D eigenvalue weighted by Gasteiger charge is 2.09. The van der Waals surface area contributed by atoms with Gasteiger partial charge in [-0.15, -0.1) is 0 Å². The Balaban J connectivity index is 1.77. The third kappa shape index (κ3) is 6.83. The van der Waals surface area contributed by atoms with Crippen molar-refractivity contribution in [2.45, 2.75) is 39.7 Å². The van der Waals surface area contributed by atoms with Crippen LogP contribution in [0.1, 0.15) is 38.0 Å². The largest absolute Gasteiger partial charge is 0.487 e. The molecule has 0 aliphatic heterocycles. The third-order valence-electron chi connectivity index (χ3n) is 3.64. The van der Waals surface area contributed by atoms with E-state index in [0.717, 1.165) is 12.0 Å². The van der Waals surface area contributed by atoms with E-state index in [4.69, 9.17) is 13.9 Å². The van der Waals surface area contributed by atoms with Gasteiger partial charge in [-0.05, 0) is 24.3 Å². The van der Waals surface area contributed by atoms with Crippen molar-refractivity contribution in [1.82, 2.24) is 0 Å². The second-order valence-corrected chi connectivity index (χ2v) is 6.25. The molecule has 5 nitrogen and oxygen atoms in total. The smallest absolute Gasteiger partial charge is 0.306 e. The van der Waals surface area contributed by atoms with Crippen molar-refractivity contribution in [2.75, 3.05) is 6.61 Å². The van der Waals surface area contributed by atoms with Gasteiger partial charge in [0.1, 0.15) is 18.6 Å². The van der Waals surface area contributed by atoms with Crippen molar-refractivity contribution in [3.8, 4) is 5.75 Å². The Kier molecular flexibility index (Phi) is 7.26. The van der Waals surface area contributed by atoms with Crippen molar-refractivity contribution in [3.05, 3.63) is 64.2 Å². The highest BCUT2D eigenvalue weighted by atomic mass is 16.5. The summed E-state index contributed by atoms with van der Waals surface area (Å²) >= 11 is 0. The van der Waals surface area contributed by atoms with Crippen molar-refractivity contribution in [1.29, 1.82) is 0 Å². The average molecular weight is 344 g/mol. The molecule has 1 heterocycles. The maximum Gasteiger partial charge on any atom is 0.306 e. The average Bonchev–Trinajstić information content (AvgIpc) is 2.60. The van der Waals surface area contributed by atoms with Crippen LogP contribution in [0, 0.1) is 5.92 Å². The van der Waals surface area contributed by atoms with Gasteiger partial charge in [-0.1, -0.05) is 44.2 Å². The number of carbonyl (C=O) groups is 1. The van der Waals surface area contributed by atoms with Crippen LogP contribution in [0.3, 0.4) is 0 Å². The first-order valence-electron chi connectivity index (χ1n) is 8.48. The molecule has 0 aliphatic carbocycles. The van der Waals surface area contributed by atoms with Crippen molar-refractivity contribution in [3.63, 3.8) is 0 Å². The van der Waals surface area contributed by atoms with Gasteiger partial charge in [-0.2, -0.15) is 0 Å². The molecule has 0 saturated carbocycles. The van der Waals surface area contributed by atoms with Gasteiger partial charge in [-0.3, -0.25) is 9.59 Å². The Hall–Kier alpha value is -2.56. The lowest BCUT2D eigenvalue weighted by Gasteiger charge is -2.08. The van der Waals surface area contributed by atoms with Gasteiger partial charge in [0.2, 0.25) is 11.2 Å². The van der Waals surface area contributed by atoms with E-state index in [1.54, 1.807) is 0 Å². The molecule has 1 aromatic carbocycles. The first-order valence-corrected chi connectivity index (χ1v) is 8.48. The summed E-state index contributed by atoms with van der Waals surface area (Å²) in [5.74, 6) is 0.652. The molecule has 2 rings (SSSR count). The van der Waals surface area contributed by atoms with Gasteiger partial charge >= 0.3 is 5.97 Å². The molecule has 134 valence electrons. The topological polar surface area (TPSA) is 65.7 Å². The van der Waals surface area contributed by atoms with Crippen LogP contribution in [0.2, 0.25) is 0 Å². The molecule has 0 radical (unpaired) electrons. The van der Waals surface area contributed by atoms with E-state index in [1.165, 1.54) is 12.3 Å². The number of benzene rings is 1. The Labute approximate surface area is 147 Å². The minimum Gasteiger partial charge on any atom is -0.487 e. The summed E-state index contributed by atoms with van der Waals surface area (Å²) in [6, 6.07) is 11.0. The van der Waals surface area contributed by atoms with Gasteiger partial charge in [-0.25, -0.2) is 0 Å². The molecule has 0 atom stereocenters. The zero-order valence-corrected chi connectivity index (χ0v) is 14.7. The first kappa shape index (κ1) is 18.8. The highest BCUT2D eigenvalue weighted by molar-refractivity contribution is 5.69. The Morgan fingerprint density at radius 1 is 1.20 bits per heavy atom. The molecule has 0 bridgehead atoms. The Bertz CT molecular complexity index is 718. The van der Waals surface area contributed by atoms with Gasteiger partial charge < -0.3 is 13.9 Å². The maximum atomic E-state index is 11.9. The number of carbonyl (C=O) groups excluding carboxylic acids is 1. The zero-order chi connectivity index (χ0) is 18.1. The van der Waals surface area contributed by atoms with Crippen molar-refractivity contribution >= 4 is 5.97 Å². The van der Waals surface area contributed by atoms with E-state index in [-0.39, 0.29) is 30.2 Å².